The molecule has 0 bridgehead atoms. The highest BCUT2D eigenvalue weighted by Gasteiger charge is 2.11. The van der Waals surface area contributed by atoms with Gasteiger partial charge in [0, 0.05) is 24.5 Å². The third-order valence-corrected chi connectivity index (χ3v) is 3.74. The van der Waals surface area contributed by atoms with Gasteiger partial charge < -0.3 is 10.6 Å². The highest BCUT2D eigenvalue weighted by molar-refractivity contribution is 7.86. The maximum absolute atomic E-state index is 11.0. The fourth-order valence-electron chi connectivity index (χ4n) is 1.69. The van der Waals surface area contributed by atoms with Gasteiger partial charge in [0.2, 0.25) is 0 Å². The summed E-state index contributed by atoms with van der Waals surface area (Å²) in [5.74, 6) is 0. The Balaban J connectivity index is 0.00000484. The van der Waals surface area contributed by atoms with Gasteiger partial charge in [-0.05, 0) is 18.2 Å². The monoisotopic (exact) mass is 388 g/mol. The van der Waals surface area contributed by atoms with Gasteiger partial charge in [-0.1, -0.05) is 6.07 Å². The van der Waals surface area contributed by atoms with Crippen molar-refractivity contribution in [2.24, 2.45) is 0 Å². The minimum atomic E-state index is -3.53. The van der Waals surface area contributed by atoms with Crippen LogP contribution in [0.5, 0.6) is 0 Å². The summed E-state index contributed by atoms with van der Waals surface area (Å²) in [5, 5.41) is 0. The van der Waals surface area contributed by atoms with Crippen molar-refractivity contribution in [1.29, 1.82) is 0 Å². The standard InChI is InChI=1S/C12H20N2O6S2.ClH/c1-21(15,16)19-8-6-14(7-9-20-22(2,17)18)12-5-3-4-11(13)10-12;/h3-5,10H,6-9,13H2,1-2H3;1H. The second-order valence-electron chi connectivity index (χ2n) is 4.63. The van der Waals surface area contributed by atoms with Crippen molar-refractivity contribution in [1.82, 2.24) is 0 Å². The van der Waals surface area contributed by atoms with E-state index in [0.717, 1.165) is 12.5 Å². The van der Waals surface area contributed by atoms with E-state index in [-0.39, 0.29) is 38.7 Å². The summed E-state index contributed by atoms with van der Waals surface area (Å²) < 4.78 is 53.3. The summed E-state index contributed by atoms with van der Waals surface area (Å²) in [4.78, 5) is 1.73. The molecule has 0 amide bonds. The van der Waals surface area contributed by atoms with Crippen molar-refractivity contribution >= 4 is 44.0 Å². The van der Waals surface area contributed by atoms with Crippen LogP contribution in [0.3, 0.4) is 0 Å². The first-order valence-corrected chi connectivity index (χ1v) is 9.99. The molecule has 0 atom stereocenters. The lowest BCUT2D eigenvalue weighted by molar-refractivity contribution is 0.309. The van der Waals surface area contributed by atoms with E-state index in [1.165, 1.54) is 0 Å². The van der Waals surface area contributed by atoms with E-state index in [1.54, 1.807) is 29.2 Å². The van der Waals surface area contributed by atoms with E-state index in [0.29, 0.717) is 11.4 Å². The lowest BCUT2D eigenvalue weighted by Gasteiger charge is -2.24. The van der Waals surface area contributed by atoms with Gasteiger partial charge >= 0.3 is 0 Å². The molecule has 0 spiro atoms. The van der Waals surface area contributed by atoms with Crippen LogP contribution in [-0.2, 0) is 28.6 Å². The third kappa shape index (κ3) is 10.3. The Morgan fingerprint density at radius 1 is 1.00 bits per heavy atom. The van der Waals surface area contributed by atoms with Crippen LogP contribution in [-0.4, -0.2) is 55.7 Å². The van der Waals surface area contributed by atoms with Crippen molar-refractivity contribution < 1.29 is 25.2 Å². The normalized spacial score (nSPS) is 11.7. The van der Waals surface area contributed by atoms with Crippen LogP contribution in [0.1, 0.15) is 0 Å². The molecule has 0 saturated heterocycles. The summed E-state index contributed by atoms with van der Waals surface area (Å²) in [7, 11) is -7.06. The Kier molecular flexibility index (Phi) is 8.85. The van der Waals surface area contributed by atoms with Gasteiger partial charge in [0.25, 0.3) is 20.2 Å². The van der Waals surface area contributed by atoms with E-state index in [2.05, 4.69) is 0 Å². The predicted octanol–water partition coefficient (Wildman–Crippen LogP) is 0.449. The van der Waals surface area contributed by atoms with Crippen LogP contribution in [0.2, 0.25) is 0 Å². The molecule has 23 heavy (non-hydrogen) atoms. The van der Waals surface area contributed by atoms with Gasteiger partial charge in [-0.15, -0.1) is 12.4 Å². The van der Waals surface area contributed by atoms with Crippen molar-refractivity contribution in [2.45, 2.75) is 0 Å². The van der Waals surface area contributed by atoms with Gasteiger partial charge in [-0.25, -0.2) is 0 Å². The van der Waals surface area contributed by atoms with Crippen LogP contribution in [0, 0.1) is 0 Å². The second-order valence-corrected chi connectivity index (χ2v) is 7.92. The molecule has 0 fully saturated rings. The summed E-state index contributed by atoms with van der Waals surface area (Å²) in [6, 6.07) is 6.92. The SMILES string of the molecule is CS(=O)(=O)OCCN(CCOS(C)(=O)=O)c1cccc(N)c1.Cl. The van der Waals surface area contributed by atoms with Crippen molar-refractivity contribution in [2.75, 3.05) is 49.4 Å². The summed E-state index contributed by atoms with van der Waals surface area (Å²) in [6.07, 6.45) is 1.93. The Hall–Kier alpha value is -1.07. The molecule has 134 valence electrons. The van der Waals surface area contributed by atoms with Gasteiger partial charge in [-0.3, -0.25) is 8.37 Å². The summed E-state index contributed by atoms with van der Waals surface area (Å²) in [6.45, 7) is 0.353. The first-order chi connectivity index (χ1) is 10.1. The number of halogens is 1. The molecule has 0 aromatic heterocycles. The number of nitrogens with zero attached hydrogens (tertiary/aromatic N) is 1. The van der Waals surface area contributed by atoms with E-state index in [4.69, 9.17) is 14.1 Å². The average Bonchev–Trinajstić information content (AvgIpc) is 2.34. The number of hydrogen-bond donors (Lipinski definition) is 1. The fraction of sp³-hybridized carbons (Fsp3) is 0.500. The lowest BCUT2D eigenvalue weighted by Crippen LogP contribution is -2.32. The van der Waals surface area contributed by atoms with Crippen LogP contribution >= 0.6 is 12.4 Å². The van der Waals surface area contributed by atoms with Crippen molar-refractivity contribution in [3.63, 3.8) is 0 Å². The highest BCUT2D eigenvalue weighted by atomic mass is 35.5. The van der Waals surface area contributed by atoms with Gasteiger partial charge in [0.05, 0.1) is 25.7 Å². The zero-order valence-electron chi connectivity index (χ0n) is 12.8. The Morgan fingerprint density at radius 2 is 1.48 bits per heavy atom. The average molecular weight is 389 g/mol. The van der Waals surface area contributed by atoms with Gasteiger partial charge in [0.15, 0.2) is 0 Å². The van der Waals surface area contributed by atoms with E-state index in [1.807, 2.05) is 0 Å². The lowest BCUT2D eigenvalue weighted by atomic mass is 10.2. The van der Waals surface area contributed by atoms with Crippen LogP contribution in [0.25, 0.3) is 0 Å². The smallest absolute Gasteiger partial charge is 0.264 e. The van der Waals surface area contributed by atoms with Crippen molar-refractivity contribution in [3.05, 3.63) is 24.3 Å². The van der Waals surface area contributed by atoms with E-state index < -0.39 is 20.2 Å². The molecular weight excluding hydrogens is 368 g/mol. The highest BCUT2D eigenvalue weighted by Crippen LogP contribution is 2.17. The molecule has 11 heteroatoms. The third-order valence-electron chi connectivity index (χ3n) is 2.55. The molecule has 0 unspecified atom stereocenters. The molecular formula is C12H21ClN2O6S2. The summed E-state index contributed by atoms with van der Waals surface area (Å²) >= 11 is 0. The molecule has 0 aliphatic rings. The minimum absolute atomic E-state index is 0. The van der Waals surface area contributed by atoms with Crippen molar-refractivity contribution in [3.8, 4) is 0 Å². The van der Waals surface area contributed by atoms with Crippen LogP contribution in [0.4, 0.5) is 11.4 Å². The summed E-state index contributed by atoms with van der Waals surface area (Å²) in [5.41, 5.74) is 6.97. The molecule has 0 saturated carbocycles. The van der Waals surface area contributed by atoms with Crippen LogP contribution in [0.15, 0.2) is 24.3 Å². The molecule has 1 rings (SSSR count). The Morgan fingerprint density at radius 3 is 1.87 bits per heavy atom. The molecule has 0 aliphatic heterocycles. The quantitative estimate of drug-likeness (QED) is 0.478. The molecule has 1 aromatic rings. The number of nitrogens with two attached hydrogens (primary N) is 1. The van der Waals surface area contributed by atoms with Gasteiger partial charge in [0.1, 0.15) is 0 Å². The largest absolute Gasteiger partial charge is 0.399 e. The molecule has 0 heterocycles. The van der Waals surface area contributed by atoms with E-state index in [9.17, 15) is 16.8 Å². The topological polar surface area (TPSA) is 116 Å². The molecule has 1 aromatic carbocycles. The van der Waals surface area contributed by atoms with E-state index >= 15 is 0 Å². The van der Waals surface area contributed by atoms with Crippen LogP contribution < -0.4 is 10.6 Å². The number of nitrogen functional groups attached to an aromatic ring is 1. The zero-order valence-corrected chi connectivity index (χ0v) is 15.3. The Bertz CT molecular complexity index is 655. The fourth-order valence-corrected chi connectivity index (χ4v) is 2.44. The second kappa shape index (κ2) is 9.28. The maximum atomic E-state index is 11.0. The number of rotatable bonds is 9. The number of anilines is 2. The molecule has 2 N–H and O–H groups in total. The Labute approximate surface area is 143 Å². The van der Waals surface area contributed by atoms with Gasteiger partial charge in [-0.2, -0.15) is 16.8 Å². The maximum Gasteiger partial charge on any atom is 0.264 e. The first-order valence-electron chi connectivity index (χ1n) is 6.36. The zero-order chi connectivity index (χ0) is 16.8. The molecule has 8 nitrogen and oxygen atoms in total. The molecule has 0 radical (unpaired) electrons. The first kappa shape index (κ1) is 21.9. The molecule has 0 aliphatic carbocycles. The minimum Gasteiger partial charge on any atom is -0.399 e. The number of hydrogen-bond acceptors (Lipinski definition) is 8. The predicted molar refractivity (Wildman–Crippen MR) is 91.9 cm³/mol. The number of benzene rings is 1.